The Morgan fingerprint density at radius 1 is 1.43 bits per heavy atom. The van der Waals surface area contributed by atoms with E-state index in [1.165, 1.54) is 7.11 Å². The molecule has 2 rings (SSSR count). The summed E-state index contributed by atoms with van der Waals surface area (Å²) in [6.07, 6.45) is 0. The Morgan fingerprint density at radius 2 is 2.00 bits per heavy atom. The number of methoxy groups -OCH3 is 1. The molecule has 8 heteroatoms. The van der Waals surface area contributed by atoms with E-state index in [-0.39, 0.29) is 28.5 Å². The molecule has 0 amide bonds. The highest BCUT2D eigenvalue weighted by molar-refractivity contribution is 9.11. The molecule has 1 aromatic carbocycles. The van der Waals surface area contributed by atoms with Crippen LogP contribution >= 0.6 is 31.9 Å². The number of hydrogen-bond donors (Lipinski definition) is 2. The summed E-state index contributed by atoms with van der Waals surface area (Å²) >= 11 is 6.47. The van der Waals surface area contributed by atoms with Crippen molar-refractivity contribution in [2.45, 2.75) is 12.8 Å². The van der Waals surface area contributed by atoms with E-state index in [1.807, 2.05) is 6.07 Å². The van der Waals surface area contributed by atoms with Crippen LogP contribution in [0.3, 0.4) is 0 Å². The van der Waals surface area contributed by atoms with Gasteiger partial charge >= 0.3 is 5.97 Å². The maximum absolute atomic E-state index is 12.2. The number of aromatic hydroxyl groups is 1. The number of phenols is 1. The molecule has 1 heterocycles. The average Bonchev–Trinajstić information content (AvgIpc) is 2.50. The SMILES string of the molecule is COC(=O)C1=C(C)OC(N)=C(C#N)[C@@H]1c1cc(Br)c(O)c(Br)c1. The van der Waals surface area contributed by atoms with E-state index in [9.17, 15) is 15.2 Å². The summed E-state index contributed by atoms with van der Waals surface area (Å²) in [5, 5.41) is 19.3. The van der Waals surface area contributed by atoms with Crippen LogP contribution in [0.2, 0.25) is 0 Å². The molecule has 1 aliphatic rings. The molecular weight excluding hydrogens is 432 g/mol. The van der Waals surface area contributed by atoms with E-state index in [1.54, 1.807) is 19.1 Å². The fourth-order valence-corrected chi connectivity index (χ4v) is 3.56. The molecule has 1 aromatic rings. The number of allylic oxidation sites excluding steroid dienone is 2. The van der Waals surface area contributed by atoms with Crippen molar-refractivity contribution in [1.29, 1.82) is 5.26 Å². The van der Waals surface area contributed by atoms with Crippen molar-refractivity contribution in [3.8, 4) is 11.8 Å². The molecule has 0 saturated heterocycles. The van der Waals surface area contributed by atoms with Gasteiger partial charge < -0.3 is 20.3 Å². The van der Waals surface area contributed by atoms with Crippen LogP contribution in [0, 0.1) is 11.3 Å². The van der Waals surface area contributed by atoms with Crippen LogP contribution in [0.4, 0.5) is 0 Å². The minimum Gasteiger partial charge on any atom is -0.506 e. The molecule has 6 nitrogen and oxygen atoms in total. The third-order valence-electron chi connectivity index (χ3n) is 3.38. The van der Waals surface area contributed by atoms with Crippen LogP contribution in [-0.2, 0) is 14.3 Å². The van der Waals surface area contributed by atoms with Crippen LogP contribution in [-0.4, -0.2) is 18.2 Å². The number of hydrogen-bond acceptors (Lipinski definition) is 6. The van der Waals surface area contributed by atoms with Crippen LogP contribution in [0.1, 0.15) is 18.4 Å². The van der Waals surface area contributed by atoms with Gasteiger partial charge in [0.25, 0.3) is 0 Å². The highest BCUT2D eigenvalue weighted by Gasteiger charge is 2.36. The molecule has 0 fully saturated rings. The van der Waals surface area contributed by atoms with Crippen LogP contribution in [0.25, 0.3) is 0 Å². The van der Waals surface area contributed by atoms with Crippen LogP contribution in [0.5, 0.6) is 5.75 Å². The number of carbonyl (C=O) groups excluding carboxylic acids is 1. The number of nitrogens with two attached hydrogens (primary N) is 1. The molecule has 1 aliphatic heterocycles. The van der Waals surface area contributed by atoms with E-state index in [4.69, 9.17) is 15.2 Å². The molecule has 3 N–H and O–H groups in total. The summed E-state index contributed by atoms with van der Waals surface area (Å²) in [4.78, 5) is 12.2. The van der Waals surface area contributed by atoms with Crippen LogP contribution in [0.15, 0.2) is 43.9 Å². The molecular formula is C15H12Br2N2O4. The van der Waals surface area contributed by atoms with Gasteiger partial charge in [0, 0.05) is 0 Å². The Morgan fingerprint density at radius 3 is 2.48 bits per heavy atom. The molecule has 23 heavy (non-hydrogen) atoms. The Kier molecular flexibility index (Phi) is 5.02. The van der Waals surface area contributed by atoms with Gasteiger partial charge in [0.2, 0.25) is 5.88 Å². The Bertz CT molecular complexity index is 770. The van der Waals surface area contributed by atoms with Gasteiger partial charge in [-0.2, -0.15) is 5.26 Å². The van der Waals surface area contributed by atoms with Gasteiger partial charge in [-0.15, -0.1) is 0 Å². The lowest BCUT2D eigenvalue weighted by Gasteiger charge is -2.27. The molecule has 0 bridgehead atoms. The number of ether oxygens (including phenoxy) is 2. The highest BCUT2D eigenvalue weighted by Crippen LogP contribution is 2.43. The molecule has 0 saturated carbocycles. The predicted octanol–water partition coefficient (Wildman–Crippen LogP) is 3.17. The smallest absolute Gasteiger partial charge is 0.338 e. The fourth-order valence-electron chi connectivity index (χ4n) is 2.34. The molecule has 0 radical (unpaired) electrons. The van der Waals surface area contributed by atoms with E-state index < -0.39 is 11.9 Å². The third kappa shape index (κ3) is 3.07. The summed E-state index contributed by atoms with van der Waals surface area (Å²) in [6.45, 7) is 1.57. The van der Waals surface area contributed by atoms with Gasteiger partial charge in [-0.1, -0.05) is 0 Å². The van der Waals surface area contributed by atoms with Crippen molar-refractivity contribution in [1.82, 2.24) is 0 Å². The van der Waals surface area contributed by atoms with Crippen molar-refractivity contribution in [3.05, 3.63) is 49.4 Å². The van der Waals surface area contributed by atoms with Gasteiger partial charge in [0.15, 0.2) is 0 Å². The number of phenolic OH excluding ortho intramolecular Hbond substituents is 1. The summed E-state index contributed by atoms with van der Waals surface area (Å²) in [7, 11) is 1.25. The normalized spacial score (nSPS) is 17.6. The topological polar surface area (TPSA) is 106 Å². The molecule has 120 valence electrons. The van der Waals surface area contributed by atoms with Crippen molar-refractivity contribution < 1.29 is 19.4 Å². The summed E-state index contributed by atoms with van der Waals surface area (Å²) in [5.41, 5.74) is 6.65. The molecule has 1 atom stereocenters. The van der Waals surface area contributed by atoms with Crippen molar-refractivity contribution >= 4 is 37.8 Å². The zero-order valence-corrected chi connectivity index (χ0v) is 15.4. The number of benzene rings is 1. The molecule has 0 aromatic heterocycles. The fraction of sp³-hybridized carbons (Fsp3) is 0.200. The highest BCUT2D eigenvalue weighted by atomic mass is 79.9. The number of rotatable bonds is 2. The van der Waals surface area contributed by atoms with E-state index in [2.05, 4.69) is 31.9 Å². The zero-order chi connectivity index (χ0) is 17.3. The first-order valence-electron chi connectivity index (χ1n) is 6.36. The Labute approximate surface area is 149 Å². The average molecular weight is 444 g/mol. The summed E-state index contributed by atoms with van der Waals surface area (Å²) < 4.78 is 10.9. The van der Waals surface area contributed by atoms with Crippen LogP contribution < -0.4 is 5.73 Å². The first-order valence-corrected chi connectivity index (χ1v) is 7.95. The van der Waals surface area contributed by atoms with Gasteiger partial charge in [0.1, 0.15) is 23.2 Å². The second-order valence-electron chi connectivity index (χ2n) is 4.72. The second kappa shape index (κ2) is 6.64. The predicted molar refractivity (Wildman–Crippen MR) is 88.9 cm³/mol. The number of nitrogens with zero attached hydrogens (tertiary/aromatic N) is 1. The standard InChI is InChI=1S/C15H12Br2N2O4/c1-6-11(15(21)22-2)12(8(5-18)14(19)23-6)7-3-9(16)13(20)10(17)4-7/h3-4,12,20H,19H2,1-2H3/t12-/m0/s1. The first-order chi connectivity index (χ1) is 10.8. The van der Waals surface area contributed by atoms with Crippen molar-refractivity contribution in [2.24, 2.45) is 5.73 Å². The maximum atomic E-state index is 12.2. The van der Waals surface area contributed by atoms with Gasteiger partial charge in [-0.3, -0.25) is 0 Å². The largest absolute Gasteiger partial charge is 0.506 e. The van der Waals surface area contributed by atoms with Crippen molar-refractivity contribution in [2.75, 3.05) is 7.11 Å². The van der Waals surface area contributed by atoms with Gasteiger partial charge in [-0.25, -0.2) is 4.79 Å². The number of carbonyl (C=O) groups is 1. The van der Waals surface area contributed by atoms with Gasteiger partial charge in [-0.05, 0) is 56.5 Å². The number of esters is 1. The lowest BCUT2D eigenvalue weighted by atomic mass is 9.83. The van der Waals surface area contributed by atoms with E-state index in [0.717, 1.165) is 0 Å². The third-order valence-corrected chi connectivity index (χ3v) is 4.59. The lowest BCUT2D eigenvalue weighted by Crippen LogP contribution is -2.25. The summed E-state index contributed by atoms with van der Waals surface area (Å²) in [6, 6.07) is 5.20. The lowest BCUT2D eigenvalue weighted by molar-refractivity contribution is -0.136. The minimum absolute atomic E-state index is 0.0107. The minimum atomic E-state index is -0.755. The first kappa shape index (κ1) is 17.4. The number of nitriles is 1. The monoisotopic (exact) mass is 442 g/mol. The molecule has 0 spiro atoms. The Balaban J connectivity index is 2.73. The second-order valence-corrected chi connectivity index (χ2v) is 6.43. The quantitative estimate of drug-likeness (QED) is 0.680. The summed E-state index contributed by atoms with van der Waals surface area (Å²) in [5.74, 6) is -1.17. The number of halogens is 2. The van der Waals surface area contributed by atoms with Gasteiger partial charge in [0.05, 0.1) is 27.5 Å². The Hall–Kier alpha value is -1.98. The molecule has 0 unspecified atom stereocenters. The maximum Gasteiger partial charge on any atom is 0.338 e. The molecule has 0 aliphatic carbocycles. The van der Waals surface area contributed by atoms with E-state index >= 15 is 0 Å². The van der Waals surface area contributed by atoms with Crippen molar-refractivity contribution in [3.63, 3.8) is 0 Å². The van der Waals surface area contributed by atoms with E-state index in [0.29, 0.717) is 14.5 Å². The zero-order valence-electron chi connectivity index (χ0n) is 12.2.